The standard InChI is InChI=1S/C23H28FN3O3S2.ClH/c1-16-7-8-17(2)22-21(16)25-23(31-22)27(14-13-26(3)4)20(28)6-5-15-32(29,30)19-11-9-18(24)10-12-19;/h7-12H,5-6,13-15H2,1-4H3;1H. The summed E-state index contributed by atoms with van der Waals surface area (Å²) in [5, 5.41) is 0.630. The Morgan fingerprint density at radius 2 is 1.67 bits per heavy atom. The molecule has 1 amide bonds. The number of aryl methyl sites for hydroxylation is 2. The largest absolute Gasteiger partial charge is 0.308 e. The molecule has 0 bridgehead atoms. The van der Waals surface area contributed by atoms with Crippen LogP contribution in [0.2, 0.25) is 0 Å². The summed E-state index contributed by atoms with van der Waals surface area (Å²) in [7, 11) is 0.291. The Labute approximate surface area is 204 Å². The summed E-state index contributed by atoms with van der Waals surface area (Å²) in [6.45, 7) is 5.15. The van der Waals surface area contributed by atoms with Crippen molar-refractivity contribution in [1.29, 1.82) is 0 Å². The lowest BCUT2D eigenvalue weighted by atomic mass is 10.1. The number of hydrogen-bond acceptors (Lipinski definition) is 6. The van der Waals surface area contributed by atoms with Crippen LogP contribution in [0.4, 0.5) is 9.52 Å². The summed E-state index contributed by atoms with van der Waals surface area (Å²) < 4.78 is 39.2. The average Bonchev–Trinajstić information content (AvgIpc) is 3.17. The summed E-state index contributed by atoms with van der Waals surface area (Å²) in [5.41, 5.74) is 3.06. The fourth-order valence-electron chi connectivity index (χ4n) is 3.30. The Kier molecular flexibility index (Phi) is 9.37. The molecule has 0 N–H and O–H groups in total. The van der Waals surface area contributed by atoms with Crippen LogP contribution in [0.5, 0.6) is 0 Å². The van der Waals surface area contributed by atoms with Crippen molar-refractivity contribution in [2.24, 2.45) is 0 Å². The number of anilines is 1. The second kappa shape index (κ2) is 11.4. The van der Waals surface area contributed by atoms with Crippen molar-refractivity contribution in [3.05, 3.63) is 53.3 Å². The van der Waals surface area contributed by atoms with Gasteiger partial charge in [0.15, 0.2) is 15.0 Å². The minimum atomic E-state index is -3.58. The van der Waals surface area contributed by atoms with E-state index in [1.165, 1.54) is 23.5 Å². The summed E-state index contributed by atoms with van der Waals surface area (Å²) in [5.74, 6) is -0.822. The molecule has 0 atom stereocenters. The first-order chi connectivity index (χ1) is 15.1. The molecular weight excluding hydrogens is 485 g/mol. The third-order valence-electron chi connectivity index (χ3n) is 5.21. The molecule has 0 spiro atoms. The van der Waals surface area contributed by atoms with Gasteiger partial charge in [-0.3, -0.25) is 9.69 Å². The number of benzene rings is 2. The number of halogens is 2. The fraction of sp³-hybridized carbons (Fsp3) is 0.391. The lowest BCUT2D eigenvalue weighted by molar-refractivity contribution is -0.118. The molecule has 3 aromatic rings. The molecule has 180 valence electrons. The van der Waals surface area contributed by atoms with Gasteiger partial charge in [-0.05, 0) is 69.8 Å². The van der Waals surface area contributed by atoms with Crippen LogP contribution in [-0.4, -0.2) is 57.1 Å². The van der Waals surface area contributed by atoms with Crippen molar-refractivity contribution in [1.82, 2.24) is 9.88 Å². The molecule has 0 fully saturated rings. The molecule has 0 saturated carbocycles. The van der Waals surface area contributed by atoms with Crippen LogP contribution in [0, 0.1) is 19.7 Å². The average molecular weight is 514 g/mol. The first kappa shape index (κ1) is 27.2. The van der Waals surface area contributed by atoms with Crippen molar-refractivity contribution in [2.45, 2.75) is 31.6 Å². The number of sulfone groups is 1. The second-order valence-electron chi connectivity index (χ2n) is 8.10. The number of thiazole rings is 1. The molecule has 0 unspecified atom stereocenters. The van der Waals surface area contributed by atoms with Gasteiger partial charge in [-0.25, -0.2) is 17.8 Å². The van der Waals surface area contributed by atoms with Crippen LogP contribution in [-0.2, 0) is 14.6 Å². The number of fused-ring (bicyclic) bond motifs is 1. The number of carbonyl (C=O) groups is 1. The van der Waals surface area contributed by atoms with Gasteiger partial charge >= 0.3 is 0 Å². The van der Waals surface area contributed by atoms with Gasteiger partial charge in [0, 0.05) is 19.5 Å². The lowest BCUT2D eigenvalue weighted by Crippen LogP contribution is -2.36. The van der Waals surface area contributed by atoms with E-state index in [1.807, 2.05) is 45.0 Å². The highest BCUT2D eigenvalue weighted by Gasteiger charge is 2.22. The summed E-state index contributed by atoms with van der Waals surface area (Å²) in [4.78, 5) is 21.5. The van der Waals surface area contributed by atoms with Gasteiger partial charge in [-0.2, -0.15) is 0 Å². The van der Waals surface area contributed by atoms with Gasteiger partial charge in [0.2, 0.25) is 5.91 Å². The molecule has 0 saturated heterocycles. The Hall–Kier alpha value is -2.07. The minimum Gasteiger partial charge on any atom is -0.308 e. The zero-order chi connectivity index (χ0) is 23.5. The third-order valence-corrected chi connectivity index (χ3v) is 8.24. The number of carbonyl (C=O) groups excluding carboxylic acids is 1. The van der Waals surface area contributed by atoms with E-state index in [0.717, 1.165) is 33.5 Å². The second-order valence-corrected chi connectivity index (χ2v) is 11.2. The molecular formula is C23H29ClFN3O3S2. The summed E-state index contributed by atoms with van der Waals surface area (Å²) >= 11 is 1.49. The van der Waals surface area contributed by atoms with E-state index in [4.69, 9.17) is 4.98 Å². The van der Waals surface area contributed by atoms with E-state index in [9.17, 15) is 17.6 Å². The van der Waals surface area contributed by atoms with Gasteiger partial charge < -0.3 is 4.90 Å². The van der Waals surface area contributed by atoms with Crippen LogP contribution < -0.4 is 4.90 Å². The highest BCUT2D eigenvalue weighted by atomic mass is 35.5. The molecule has 6 nitrogen and oxygen atoms in total. The topological polar surface area (TPSA) is 70.6 Å². The zero-order valence-corrected chi connectivity index (χ0v) is 21.6. The fourth-order valence-corrected chi connectivity index (χ4v) is 5.76. The van der Waals surface area contributed by atoms with Crippen molar-refractivity contribution in [3.8, 4) is 0 Å². The smallest absolute Gasteiger partial charge is 0.228 e. The number of amides is 1. The zero-order valence-electron chi connectivity index (χ0n) is 19.2. The Bertz CT molecular complexity index is 1170. The van der Waals surface area contributed by atoms with Crippen molar-refractivity contribution in [2.75, 3.05) is 37.8 Å². The molecule has 33 heavy (non-hydrogen) atoms. The normalized spacial score (nSPS) is 11.6. The summed E-state index contributed by atoms with van der Waals surface area (Å²) in [6.07, 6.45) is 0.266. The van der Waals surface area contributed by atoms with E-state index in [-0.39, 0.29) is 41.8 Å². The van der Waals surface area contributed by atoms with Gasteiger partial charge in [-0.15, -0.1) is 12.4 Å². The molecule has 0 radical (unpaired) electrons. The predicted molar refractivity (Wildman–Crippen MR) is 135 cm³/mol. The monoisotopic (exact) mass is 513 g/mol. The van der Waals surface area contributed by atoms with E-state index in [1.54, 1.807) is 4.90 Å². The van der Waals surface area contributed by atoms with E-state index < -0.39 is 15.7 Å². The third kappa shape index (κ3) is 6.72. The van der Waals surface area contributed by atoms with E-state index >= 15 is 0 Å². The minimum absolute atomic E-state index is 0. The number of rotatable bonds is 9. The number of aromatic nitrogens is 1. The van der Waals surface area contributed by atoms with Crippen molar-refractivity contribution < 1.29 is 17.6 Å². The Morgan fingerprint density at radius 1 is 1.03 bits per heavy atom. The highest BCUT2D eigenvalue weighted by molar-refractivity contribution is 7.91. The number of hydrogen-bond donors (Lipinski definition) is 0. The highest BCUT2D eigenvalue weighted by Crippen LogP contribution is 2.33. The quantitative estimate of drug-likeness (QED) is 0.390. The lowest BCUT2D eigenvalue weighted by Gasteiger charge is -2.22. The molecule has 0 aliphatic carbocycles. The first-order valence-electron chi connectivity index (χ1n) is 10.4. The molecule has 3 rings (SSSR count). The molecule has 1 heterocycles. The maximum absolute atomic E-state index is 13.1. The van der Waals surface area contributed by atoms with Gasteiger partial charge in [-0.1, -0.05) is 23.5 Å². The van der Waals surface area contributed by atoms with Crippen LogP contribution >= 0.6 is 23.7 Å². The summed E-state index contributed by atoms with van der Waals surface area (Å²) in [6, 6.07) is 8.82. The Morgan fingerprint density at radius 3 is 2.27 bits per heavy atom. The van der Waals surface area contributed by atoms with Crippen molar-refractivity contribution in [3.63, 3.8) is 0 Å². The van der Waals surface area contributed by atoms with Crippen LogP contribution in [0.1, 0.15) is 24.0 Å². The van der Waals surface area contributed by atoms with Crippen LogP contribution in [0.3, 0.4) is 0 Å². The first-order valence-corrected chi connectivity index (χ1v) is 12.9. The molecule has 10 heteroatoms. The van der Waals surface area contributed by atoms with Crippen LogP contribution in [0.15, 0.2) is 41.3 Å². The van der Waals surface area contributed by atoms with Gasteiger partial charge in [0.25, 0.3) is 0 Å². The van der Waals surface area contributed by atoms with Gasteiger partial charge in [0.05, 0.1) is 20.9 Å². The Balaban J connectivity index is 0.00000385. The van der Waals surface area contributed by atoms with Crippen LogP contribution in [0.25, 0.3) is 10.2 Å². The van der Waals surface area contributed by atoms with Gasteiger partial charge in [0.1, 0.15) is 5.82 Å². The number of nitrogens with zero attached hydrogens (tertiary/aromatic N) is 3. The predicted octanol–water partition coefficient (Wildman–Crippen LogP) is 4.62. The maximum Gasteiger partial charge on any atom is 0.228 e. The molecule has 0 aliphatic rings. The van der Waals surface area contributed by atoms with E-state index in [2.05, 4.69) is 0 Å². The van der Waals surface area contributed by atoms with Crippen molar-refractivity contribution >= 4 is 54.8 Å². The number of likely N-dealkylation sites (N-methyl/N-ethyl adjacent to an activating group) is 1. The molecule has 1 aromatic heterocycles. The maximum atomic E-state index is 13.1. The molecule has 0 aliphatic heterocycles. The molecule has 2 aromatic carbocycles. The SMILES string of the molecule is Cc1ccc(C)c2sc(N(CCN(C)C)C(=O)CCCS(=O)(=O)c3ccc(F)cc3)nc12.Cl. The van der Waals surface area contributed by atoms with E-state index in [0.29, 0.717) is 18.2 Å².